The predicted molar refractivity (Wildman–Crippen MR) is 105 cm³/mol. The molecule has 4 rings (SSSR count). The zero-order chi connectivity index (χ0) is 19.2. The molecule has 0 bridgehead atoms. The fraction of sp³-hybridized carbons (Fsp3) is 0.286. The smallest absolute Gasteiger partial charge is 0.253 e. The van der Waals surface area contributed by atoms with Crippen LogP contribution in [0.15, 0.2) is 60.9 Å². The molecule has 1 aromatic heterocycles. The Balaban J connectivity index is 1.46. The van der Waals surface area contributed by atoms with Crippen molar-refractivity contribution in [3.63, 3.8) is 0 Å². The van der Waals surface area contributed by atoms with Gasteiger partial charge in [0, 0.05) is 26.2 Å². The van der Waals surface area contributed by atoms with Gasteiger partial charge in [-0.25, -0.2) is 4.68 Å². The quantitative estimate of drug-likeness (QED) is 0.712. The first-order valence-corrected chi connectivity index (χ1v) is 9.42. The monoisotopic (exact) mass is 377 g/mol. The molecule has 1 N–H and O–H groups in total. The van der Waals surface area contributed by atoms with Crippen LogP contribution in [0.3, 0.4) is 0 Å². The maximum Gasteiger partial charge on any atom is 0.253 e. The van der Waals surface area contributed by atoms with Gasteiger partial charge >= 0.3 is 0 Å². The summed E-state index contributed by atoms with van der Waals surface area (Å²) in [5, 5.41) is 10.9. The Labute approximate surface area is 163 Å². The van der Waals surface area contributed by atoms with E-state index < -0.39 is 0 Å². The van der Waals surface area contributed by atoms with Gasteiger partial charge in [0.25, 0.3) is 5.91 Å². The van der Waals surface area contributed by atoms with E-state index in [1.54, 1.807) is 23.1 Å². The number of rotatable bonds is 6. The largest absolute Gasteiger partial charge is 0.379 e. The second-order valence-corrected chi connectivity index (χ2v) is 6.70. The summed E-state index contributed by atoms with van der Waals surface area (Å²) in [7, 11) is 0. The van der Waals surface area contributed by atoms with E-state index in [0.717, 1.165) is 38.4 Å². The van der Waals surface area contributed by atoms with Crippen LogP contribution in [0.2, 0.25) is 0 Å². The summed E-state index contributed by atoms with van der Waals surface area (Å²) >= 11 is 0. The van der Waals surface area contributed by atoms with Crippen molar-refractivity contribution in [2.24, 2.45) is 0 Å². The molecule has 0 unspecified atom stereocenters. The topological polar surface area (TPSA) is 72.3 Å². The van der Waals surface area contributed by atoms with Gasteiger partial charge in [-0.2, -0.15) is 0 Å². The van der Waals surface area contributed by atoms with Crippen LogP contribution in [0.25, 0.3) is 5.69 Å². The Morgan fingerprint density at radius 2 is 1.79 bits per heavy atom. The summed E-state index contributed by atoms with van der Waals surface area (Å²) in [5.74, 6) is -0.132. The van der Waals surface area contributed by atoms with E-state index in [-0.39, 0.29) is 5.91 Å². The fourth-order valence-corrected chi connectivity index (χ4v) is 3.36. The number of morpholine rings is 1. The van der Waals surface area contributed by atoms with Crippen molar-refractivity contribution in [3.8, 4) is 5.69 Å². The first kappa shape index (κ1) is 18.3. The molecule has 0 aliphatic carbocycles. The molecule has 3 aromatic rings. The van der Waals surface area contributed by atoms with Gasteiger partial charge in [-0.15, -0.1) is 5.10 Å². The molecular weight excluding hydrogens is 354 g/mol. The molecule has 0 atom stereocenters. The first-order valence-electron chi connectivity index (χ1n) is 9.42. The van der Waals surface area contributed by atoms with Crippen LogP contribution in [0.4, 0.5) is 0 Å². The van der Waals surface area contributed by atoms with Gasteiger partial charge < -0.3 is 10.1 Å². The molecule has 0 radical (unpaired) electrons. The molecule has 1 amide bonds. The molecule has 0 spiro atoms. The van der Waals surface area contributed by atoms with Gasteiger partial charge in [0.05, 0.1) is 36.9 Å². The summed E-state index contributed by atoms with van der Waals surface area (Å²) in [4.78, 5) is 15.2. The maximum atomic E-state index is 12.8. The van der Waals surface area contributed by atoms with E-state index >= 15 is 0 Å². The van der Waals surface area contributed by atoms with Crippen molar-refractivity contribution in [2.45, 2.75) is 13.1 Å². The van der Waals surface area contributed by atoms with Crippen molar-refractivity contribution in [3.05, 3.63) is 77.6 Å². The molecule has 28 heavy (non-hydrogen) atoms. The van der Waals surface area contributed by atoms with Gasteiger partial charge in [0.1, 0.15) is 0 Å². The average molecular weight is 377 g/mol. The number of aromatic nitrogens is 3. The van der Waals surface area contributed by atoms with Gasteiger partial charge in [0.2, 0.25) is 0 Å². The standard InChI is InChI=1S/C21H23N5O2/c27-21(19-7-3-4-8-20(19)26-10-9-23-24-26)22-15-17-5-1-2-6-18(17)16-25-11-13-28-14-12-25/h1-10H,11-16H2,(H,22,27). The highest BCUT2D eigenvalue weighted by Crippen LogP contribution is 2.15. The Morgan fingerprint density at radius 3 is 2.57 bits per heavy atom. The Bertz CT molecular complexity index is 920. The summed E-state index contributed by atoms with van der Waals surface area (Å²) < 4.78 is 7.03. The molecular formula is C21H23N5O2. The number of ether oxygens (including phenoxy) is 1. The number of nitrogens with zero attached hydrogens (tertiary/aromatic N) is 4. The lowest BCUT2D eigenvalue weighted by molar-refractivity contribution is 0.0340. The number of benzene rings is 2. The Morgan fingerprint density at radius 1 is 1.04 bits per heavy atom. The normalized spacial score (nSPS) is 14.7. The number of amides is 1. The summed E-state index contributed by atoms with van der Waals surface area (Å²) in [6, 6.07) is 15.6. The SMILES string of the molecule is O=C(NCc1ccccc1CN1CCOCC1)c1ccccc1-n1ccnn1. The number of carbonyl (C=O) groups excluding carboxylic acids is 1. The Hall–Kier alpha value is -3.03. The van der Waals surface area contributed by atoms with E-state index in [9.17, 15) is 4.79 Å². The van der Waals surface area contributed by atoms with Gasteiger partial charge in [-0.1, -0.05) is 41.6 Å². The van der Waals surface area contributed by atoms with Gasteiger partial charge in [0.15, 0.2) is 0 Å². The van der Waals surface area contributed by atoms with Crippen LogP contribution in [0, 0.1) is 0 Å². The van der Waals surface area contributed by atoms with E-state index in [2.05, 4.69) is 32.7 Å². The number of hydrogen-bond acceptors (Lipinski definition) is 5. The molecule has 0 saturated carbocycles. The third kappa shape index (κ3) is 4.27. The lowest BCUT2D eigenvalue weighted by Gasteiger charge is -2.27. The molecule has 7 heteroatoms. The van der Waals surface area contributed by atoms with Crippen LogP contribution < -0.4 is 5.32 Å². The maximum absolute atomic E-state index is 12.8. The predicted octanol–water partition coefficient (Wildman–Crippen LogP) is 2.03. The molecule has 7 nitrogen and oxygen atoms in total. The minimum atomic E-state index is -0.132. The lowest BCUT2D eigenvalue weighted by atomic mass is 10.1. The molecule has 1 aliphatic rings. The molecule has 1 aliphatic heterocycles. The molecule has 2 heterocycles. The van der Waals surface area contributed by atoms with Gasteiger partial charge in [-0.05, 0) is 23.3 Å². The van der Waals surface area contributed by atoms with Crippen molar-refractivity contribution >= 4 is 5.91 Å². The van der Waals surface area contributed by atoms with Gasteiger partial charge in [-0.3, -0.25) is 9.69 Å². The summed E-state index contributed by atoms with van der Waals surface area (Å²) in [5.41, 5.74) is 3.63. The number of nitrogens with one attached hydrogen (secondary N) is 1. The minimum absolute atomic E-state index is 0.132. The van der Waals surface area contributed by atoms with Crippen LogP contribution in [0.1, 0.15) is 21.5 Å². The van der Waals surface area contributed by atoms with E-state index in [1.807, 2.05) is 30.3 Å². The minimum Gasteiger partial charge on any atom is -0.379 e. The highest BCUT2D eigenvalue weighted by atomic mass is 16.5. The average Bonchev–Trinajstić information content (AvgIpc) is 3.28. The van der Waals surface area contributed by atoms with Crippen LogP contribution in [-0.2, 0) is 17.8 Å². The van der Waals surface area contributed by atoms with Crippen molar-refractivity contribution < 1.29 is 9.53 Å². The molecule has 1 saturated heterocycles. The zero-order valence-electron chi connectivity index (χ0n) is 15.6. The Kier molecular flexibility index (Phi) is 5.75. The number of para-hydroxylation sites is 1. The lowest BCUT2D eigenvalue weighted by Crippen LogP contribution is -2.36. The second-order valence-electron chi connectivity index (χ2n) is 6.70. The van der Waals surface area contributed by atoms with E-state index in [0.29, 0.717) is 17.8 Å². The van der Waals surface area contributed by atoms with Crippen LogP contribution in [0.5, 0.6) is 0 Å². The van der Waals surface area contributed by atoms with Crippen molar-refractivity contribution in [1.29, 1.82) is 0 Å². The zero-order valence-corrected chi connectivity index (χ0v) is 15.6. The van der Waals surface area contributed by atoms with Crippen LogP contribution in [-0.4, -0.2) is 52.1 Å². The number of hydrogen-bond donors (Lipinski definition) is 1. The molecule has 1 fully saturated rings. The second kappa shape index (κ2) is 8.77. The molecule has 144 valence electrons. The number of carbonyl (C=O) groups is 1. The first-order chi connectivity index (χ1) is 13.8. The van der Waals surface area contributed by atoms with Crippen LogP contribution >= 0.6 is 0 Å². The van der Waals surface area contributed by atoms with Crippen molar-refractivity contribution in [2.75, 3.05) is 26.3 Å². The third-order valence-electron chi connectivity index (χ3n) is 4.87. The highest BCUT2D eigenvalue weighted by molar-refractivity contribution is 5.97. The highest BCUT2D eigenvalue weighted by Gasteiger charge is 2.15. The molecule has 2 aromatic carbocycles. The van der Waals surface area contributed by atoms with E-state index in [1.165, 1.54) is 5.56 Å². The van der Waals surface area contributed by atoms with Crippen molar-refractivity contribution in [1.82, 2.24) is 25.2 Å². The summed E-state index contributed by atoms with van der Waals surface area (Å²) in [6.45, 7) is 4.77. The fourth-order valence-electron chi connectivity index (χ4n) is 3.36. The third-order valence-corrected chi connectivity index (χ3v) is 4.87. The van der Waals surface area contributed by atoms with E-state index in [4.69, 9.17) is 4.74 Å². The summed E-state index contributed by atoms with van der Waals surface area (Å²) in [6.07, 6.45) is 3.32.